The molecule has 3 amide bonds. The largest absolute Gasteiger partial charge is 0.396 e. The van der Waals surface area contributed by atoms with Crippen LogP contribution in [0.4, 0.5) is 20.7 Å². The van der Waals surface area contributed by atoms with Gasteiger partial charge in [-0.1, -0.05) is 17.2 Å². The highest BCUT2D eigenvalue weighted by Gasteiger charge is 2.47. The lowest BCUT2D eigenvalue weighted by Gasteiger charge is -2.38. The van der Waals surface area contributed by atoms with Crippen LogP contribution in [0.5, 0.6) is 0 Å². The lowest BCUT2D eigenvalue weighted by molar-refractivity contribution is -0.112. The van der Waals surface area contributed by atoms with E-state index in [-0.39, 0.29) is 28.7 Å². The number of likely N-dealkylation sites (N-methyl/N-ethyl adjacent to an activating group) is 2. The lowest BCUT2D eigenvalue weighted by Crippen LogP contribution is -2.46. The number of fused-ring (bicyclic) bond motifs is 1. The third kappa shape index (κ3) is 4.13. The van der Waals surface area contributed by atoms with Gasteiger partial charge >= 0.3 is 6.03 Å². The minimum Gasteiger partial charge on any atom is -0.396 e. The molecule has 1 aromatic carbocycles. The van der Waals surface area contributed by atoms with Crippen molar-refractivity contribution in [3.8, 4) is 11.1 Å². The van der Waals surface area contributed by atoms with E-state index in [1.54, 1.807) is 29.2 Å². The van der Waals surface area contributed by atoms with Crippen molar-refractivity contribution in [3.05, 3.63) is 59.3 Å². The third-order valence-corrected chi connectivity index (χ3v) is 7.65. The number of rotatable bonds is 3. The van der Waals surface area contributed by atoms with E-state index in [0.29, 0.717) is 33.7 Å². The molecule has 8 nitrogen and oxygen atoms in total. The minimum atomic E-state index is -0.600. The van der Waals surface area contributed by atoms with Gasteiger partial charge in [0.05, 0.1) is 16.2 Å². The van der Waals surface area contributed by atoms with Gasteiger partial charge < -0.3 is 20.9 Å². The number of hydrogen-bond acceptors (Lipinski definition) is 5. The molecule has 2 fully saturated rings. The number of hydrogen-bond donors (Lipinski definition) is 2. The highest BCUT2D eigenvalue weighted by Crippen LogP contribution is 2.40. The Bertz CT molecular complexity index is 1420. The molecular formula is C26H26ClFN6O2. The molecule has 1 saturated heterocycles. The zero-order valence-electron chi connectivity index (χ0n) is 20.0. The van der Waals surface area contributed by atoms with Crippen molar-refractivity contribution in [3.63, 3.8) is 0 Å². The summed E-state index contributed by atoms with van der Waals surface area (Å²) >= 11 is 6.24. The fourth-order valence-electron chi connectivity index (χ4n) is 5.23. The number of carbonyl (C=O) groups is 2. The van der Waals surface area contributed by atoms with Gasteiger partial charge in [-0.3, -0.25) is 9.78 Å². The maximum absolute atomic E-state index is 15.0. The Labute approximate surface area is 212 Å². The first-order valence-electron chi connectivity index (χ1n) is 11.7. The van der Waals surface area contributed by atoms with E-state index < -0.39 is 5.82 Å². The predicted molar refractivity (Wildman–Crippen MR) is 138 cm³/mol. The summed E-state index contributed by atoms with van der Waals surface area (Å²) < 4.78 is 15.0. The monoisotopic (exact) mass is 508 g/mol. The van der Waals surface area contributed by atoms with E-state index in [1.807, 2.05) is 19.0 Å². The van der Waals surface area contributed by atoms with Crippen LogP contribution in [0.2, 0.25) is 5.02 Å². The van der Waals surface area contributed by atoms with Gasteiger partial charge in [0, 0.05) is 61.8 Å². The average Bonchev–Trinajstić information content (AvgIpc) is 3.06. The summed E-state index contributed by atoms with van der Waals surface area (Å²) in [6, 6.07) is 4.89. The molecule has 5 rings (SSSR count). The van der Waals surface area contributed by atoms with Crippen LogP contribution in [-0.2, 0) is 4.79 Å². The first kappa shape index (κ1) is 24.0. The van der Waals surface area contributed by atoms with E-state index in [0.717, 1.165) is 31.3 Å². The summed E-state index contributed by atoms with van der Waals surface area (Å²) in [5.41, 5.74) is 7.53. The highest BCUT2D eigenvalue weighted by atomic mass is 35.5. The Morgan fingerprint density at radius 3 is 2.64 bits per heavy atom. The van der Waals surface area contributed by atoms with Crippen molar-refractivity contribution < 1.29 is 14.0 Å². The van der Waals surface area contributed by atoms with Crippen LogP contribution >= 0.6 is 11.6 Å². The molecule has 1 aliphatic heterocycles. The molecule has 0 radical (unpaired) electrons. The summed E-state index contributed by atoms with van der Waals surface area (Å²) in [6.45, 7) is 0.707. The number of allylic oxidation sites excluding steroid dienone is 1. The number of halogens is 2. The molecule has 36 heavy (non-hydrogen) atoms. The summed E-state index contributed by atoms with van der Waals surface area (Å²) in [5.74, 6) is -0.559. The van der Waals surface area contributed by atoms with Crippen LogP contribution in [0.1, 0.15) is 25.7 Å². The minimum absolute atomic E-state index is 0.0389. The van der Waals surface area contributed by atoms with Crippen LogP contribution in [0.15, 0.2) is 48.4 Å². The van der Waals surface area contributed by atoms with Gasteiger partial charge in [-0.2, -0.15) is 0 Å². The van der Waals surface area contributed by atoms with Gasteiger partial charge in [-0.15, -0.1) is 0 Å². The lowest BCUT2D eigenvalue weighted by atomic mass is 9.79. The first-order chi connectivity index (χ1) is 17.2. The number of anilines is 2. The highest BCUT2D eigenvalue weighted by molar-refractivity contribution is 6.33. The molecule has 3 aromatic rings. The smallest absolute Gasteiger partial charge is 0.320 e. The average molecular weight is 509 g/mol. The first-order valence-corrected chi connectivity index (χ1v) is 12.0. The van der Waals surface area contributed by atoms with Gasteiger partial charge in [0.15, 0.2) is 5.82 Å². The second-order valence-corrected chi connectivity index (χ2v) is 9.92. The SMILES string of the molecule is CN1CC2(CCC(=CC(=O)Nc3cc4cc(-c5cnccc5Cl)c(F)c(N)c4cn3)CC2)N(C)C1=O. The fraction of sp³-hybridized carbons (Fsp3) is 0.308. The quantitative estimate of drug-likeness (QED) is 0.389. The number of nitrogens with two attached hydrogens (primary N) is 1. The van der Waals surface area contributed by atoms with Crippen LogP contribution in [0, 0.1) is 5.82 Å². The Kier molecular flexibility index (Phi) is 6.04. The Morgan fingerprint density at radius 1 is 1.22 bits per heavy atom. The second kappa shape index (κ2) is 9.05. The number of nitrogen functional groups attached to an aromatic ring is 1. The molecule has 0 unspecified atom stereocenters. The zero-order chi connectivity index (χ0) is 25.6. The molecule has 0 atom stereocenters. The van der Waals surface area contributed by atoms with Crippen LogP contribution in [0.25, 0.3) is 21.9 Å². The van der Waals surface area contributed by atoms with Crippen molar-refractivity contribution in [1.29, 1.82) is 0 Å². The Balaban J connectivity index is 1.34. The number of pyridine rings is 2. The normalized spacial score (nSPS) is 19.9. The molecule has 186 valence electrons. The van der Waals surface area contributed by atoms with Crippen molar-refractivity contribution in [2.75, 3.05) is 31.7 Å². The van der Waals surface area contributed by atoms with Crippen molar-refractivity contribution in [1.82, 2.24) is 19.8 Å². The maximum atomic E-state index is 15.0. The molecule has 0 bridgehead atoms. The van der Waals surface area contributed by atoms with Crippen molar-refractivity contribution in [2.45, 2.75) is 31.2 Å². The van der Waals surface area contributed by atoms with Gasteiger partial charge in [-0.05, 0) is 49.3 Å². The summed E-state index contributed by atoms with van der Waals surface area (Å²) in [6.07, 6.45) is 9.18. The third-order valence-electron chi connectivity index (χ3n) is 7.32. The Hall–Kier alpha value is -3.72. The van der Waals surface area contributed by atoms with Gasteiger partial charge in [0.2, 0.25) is 5.91 Å². The number of amides is 3. The van der Waals surface area contributed by atoms with Gasteiger partial charge in [0.25, 0.3) is 0 Å². The number of nitrogens with zero attached hydrogens (tertiary/aromatic N) is 4. The Morgan fingerprint density at radius 2 is 1.97 bits per heavy atom. The number of nitrogens with one attached hydrogen (secondary N) is 1. The maximum Gasteiger partial charge on any atom is 0.320 e. The molecular weight excluding hydrogens is 483 g/mol. The molecule has 3 N–H and O–H groups in total. The van der Waals surface area contributed by atoms with Crippen molar-refractivity contribution >= 4 is 45.8 Å². The van der Waals surface area contributed by atoms with E-state index in [1.165, 1.54) is 18.6 Å². The predicted octanol–water partition coefficient (Wildman–Crippen LogP) is 4.85. The fourth-order valence-corrected chi connectivity index (χ4v) is 5.44. The van der Waals surface area contributed by atoms with Gasteiger partial charge in [0.1, 0.15) is 5.82 Å². The molecule has 2 aliphatic rings. The van der Waals surface area contributed by atoms with E-state index in [4.69, 9.17) is 17.3 Å². The van der Waals surface area contributed by atoms with Crippen molar-refractivity contribution in [2.24, 2.45) is 0 Å². The number of aromatic nitrogens is 2. The van der Waals surface area contributed by atoms with E-state index in [9.17, 15) is 9.59 Å². The van der Waals surface area contributed by atoms with Crippen LogP contribution in [0.3, 0.4) is 0 Å². The topological polar surface area (TPSA) is 104 Å². The number of benzene rings is 1. The molecule has 1 saturated carbocycles. The van der Waals surface area contributed by atoms with Crippen LogP contribution in [-0.4, -0.2) is 57.9 Å². The molecule has 1 aliphatic carbocycles. The zero-order valence-corrected chi connectivity index (χ0v) is 20.8. The van der Waals surface area contributed by atoms with E-state index in [2.05, 4.69) is 15.3 Å². The van der Waals surface area contributed by atoms with Crippen LogP contribution < -0.4 is 11.1 Å². The van der Waals surface area contributed by atoms with Gasteiger partial charge in [-0.25, -0.2) is 14.2 Å². The summed E-state index contributed by atoms with van der Waals surface area (Å²) in [5, 5.41) is 4.20. The molecule has 1 spiro atoms. The molecule has 10 heteroatoms. The second-order valence-electron chi connectivity index (χ2n) is 9.51. The molecule has 3 heterocycles. The summed E-state index contributed by atoms with van der Waals surface area (Å²) in [4.78, 5) is 36.8. The molecule has 2 aromatic heterocycles. The number of urea groups is 1. The number of carbonyl (C=O) groups excluding carboxylic acids is 2. The standard InChI is InChI=1S/C26H26ClFN6O2/c1-33-14-26(34(2)25(33)36)6-3-15(4-7-26)9-22(35)32-21-11-16-10-17(19-12-30-8-5-20(19)27)23(28)24(29)18(16)13-31-21/h5,8-13H,3-4,6-7,14,29H2,1-2H3,(H,31,32,35). The van der Waals surface area contributed by atoms with E-state index >= 15 is 4.39 Å². The summed E-state index contributed by atoms with van der Waals surface area (Å²) in [7, 11) is 3.67.